The highest BCUT2D eigenvalue weighted by molar-refractivity contribution is 5.85. The Labute approximate surface area is 85.4 Å². The topological polar surface area (TPSA) is 29.9 Å². The summed E-state index contributed by atoms with van der Waals surface area (Å²) in [5.74, 6) is 1.08. The number of aromatic nitrogens is 2. The lowest BCUT2D eigenvalue weighted by Crippen LogP contribution is -2.15. The van der Waals surface area contributed by atoms with E-state index in [1.807, 2.05) is 26.4 Å². The van der Waals surface area contributed by atoms with Gasteiger partial charge in [-0.3, -0.25) is 0 Å². The van der Waals surface area contributed by atoms with Crippen LogP contribution in [-0.2, 0) is 6.54 Å². The Morgan fingerprint density at radius 3 is 2.58 bits per heavy atom. The summed E-state index contributed by atoms with van der Waals surface area (Å²) in [5.41, 5.74) is 0. The van der Waals surface area contributed by atoms with Crippen molar-refractivity contribution in [1.29, 1.82) is 0 Å². The quantitative estimate of drug-likeness (QED) is 0.817. The molecule has 1 rings (SSSR count). The van der Waals surface area contributed by atoms with Crippen LogP contribution in [0.4, 0.5) is 0 Å². The summed E-state index contributed by atoms with van der Waals surface area (Å²) in [7, 11) is 1.95. The minimum atomic E-state index is 0. The molecule has 72 valence electrons. The molecule has 1 aromatic rings. The molecule has 3 nitrogen and oxygen atoms in total. The number of likely N-dealkylation sites (N-methyl/N-ethyl adjacent to an activating group) is 1. The predicted octanol–water partition coefficient (Wildman–Crippen LogP) is 1.25. The second-order valence-corrected chi connectivity index (χ2v) is 2.27. The molecule has 0 aromatic carbocycles. The zero-order chi connectivity index (χ0) is 7.40. The molecule has 1 N–H and O–H groups in total. The minimum Gasteiger partial charge on any atom is -0.334 e. The van der Waals surface area contributed by atoms with Crippen molar-refractivity contribution in [3.8, 4) is 0 Å². The van der Waals surface area contributed by atoms with Crippen molar-refractivity contribution in [2.24, 2.45) is 0 Å². The van der Waals surface area contributed by atoms with Gasteiger partial charge in [0.15, 0.2) is 0 Å². The van der Waals surface area contributed by atoms with Crippen molar-refractivity contribution < 1.29 is 0 Å². The summed E-state index contributed by atoms with van der Waals surface area (Å²) in [4.78, 5) is 4.10. The first-order valence-electron chi connectivity index (χ1n) is 3.47. The van der Waals surface area contributed by atoms with Crippen molar-refractivity contribution in [2.75, 3.05) is 13.6 Å². The third-order valence-electron chi connectivity index (χ3n) is 1.53. The third-order valence-corrected chi connectivity index (χ3v) is 1.53. The largest absolute Gasteiger partial charge is 0.334 e. The summed E-state index contributed by atoms with van der Waals surface area (Å²) >= 11 is 0. The van der Waals surface area contributed by atoms with E-state index in [9.17, 15) is 0 Å². The molecule has 1 aromatic heterocycles. The fraction of sp³-hybridized carbons (Fsp3) is 0.571. The number of hydrogen-bond acceptors (Lipinski definition) is 2. The average molecular weight is 212 g/mol. The first-order valence-corrected chi connectivity index (χ1v) is 3.47. The zero-order valence-electron chi connectivity index (χ0n) is 7.28. The lowest BCUT2D eigenvalue weighted by Gasteiger charge is -2.02. The van der Waals surface area contributed by atoms with E-state index in [-0.39, 0.29) is 24.8 Å². The molecule has 5 heteroatoms. The van der Waals surface area contributed by atoms with Crippen LogP contribution in [0.2, 0.25) is 0 Å². The van der Waals surface area contributed by atoms with Crippen molar-refractivity contribution in [3.05, 3.63) is 18.2 Å². The lowest BCUT2D eigenvalue weighted by molar-refractivity contribution is 0.629. The van der Waals surface area contributed by atoms with Crippen LogP contribution in [-0.4, -0.2) is 23.1 Å². The van der Waals surface area contributed by atoms with Gasteiger partial charge in [0.1, 0.15) is 5.82 Å². The minimum absolute atomic E-state index is 0. The summed E-state index contributed by atoms with van der Waals surface area (Å²) in [5, 5.41) is 3.08. The van der Waals surface area contributed by atoms with Crippen LogP contribution in [0.5, 0.6) is 0 Å². The molecule has 0 fully saturated rings. The number of rotatable bonds is 3. The summed E-state index contributed by atoms with van der Waals surface area (Å²) in [6.45, 7) is 4.01. The van der Waals surface area contributed by atoms with Gasteiger partial charge in [-0.25, -0.2) is 4.98 Å². The Bertz CT molecular complexity index is 200. The van der Waals surface area contributed by atoms with Crippen LogP contribution < -0.4 is 5.32 Å². The molecule has 0 saturated carbocycles. The standard InChI is InChI=1S/C7H13N3.2ClH/c1-7-9-4-6-10(7)5-3-8-2;;/h4,6,8H,3,5H2,1-2H3;2*1H. The van der Waals surface area contributed by atoms with Gasteiger partial charge in [-0.05, 0) is 14.0 Å². The van der Waals surface area contributed by atoms with Crippen LogP contribution in [0.1, 0.15) is 5.82 Å². The van der Waals surface area contributed by atoms with Crippen LogP contribution >= 0.6 is 24.8 Å². The Morgan fingerprint density at radius 1 is 1.50 bits per heavy atom. The SMILES string of the molecule is CNCCn1ccnc1C.Cl.Cl. The molecule has 0 amide bonds. The summed E-state index contributed by atoms with van der Waals surface area (Å²) < 4.78 is 2.12. The Morgan fingerprint density at radius 2 is 2.17 bits per heavy atom. The maximum atomic E-state index is 4.10. The van der Waals surface area contributed by atoms with Gasteiger partial charge in [0, 0.05) is 25.5 Å². The molecule has 0 unspecified atom stereocenters. The third kappa shape index (κ3) is 3.95. The second kappa shape index (κ2) is 7.40. The van der Waals surface area contributed by atoms with Crippen molar-refractivity contribution in [1.82, 2.24) is 14.9 Å². The fourth-order valence-electron chi connectivity index (χ4n) is 0.872. The predicted molar refractivity (Wildman–Crippen MR) is 55.4 cm³/mol. The maximum absolute atomic E-state index is 4.10. The average Bonchev–Trinajstić information content (AvgIpc) is 2.31. The van der Waals surface area contributed by atoms with Gasteiger partial charge in [0.05, 0.1) is 0 Å². The monoisotopic (exact) mass is 211 g/mol. The Hall–Kier alpha value is -0.250. The smallest absolute Gasteiger partial charge is 0.105 e. The van der Waals surface area contributed by atoms with E-state index in [1.165, 1.54) is 0 Å². The highest BCUT2D eigenvalue weighted by atomic mass is 35.5. The fourth-order valence-corrected chi connectivity index (χ4v) is 0.872. The number of halogens is 2. The van der Waals surface area contributed by atoms with Gasteiger partial charge in [-0.1, -0.05) is 0 Å². The highest BCUT2D eigenvalue weighted by Crippen LogP contribution is 1.92. The van der Waals surface area contributed by atoms with Crippen LogP contribution in [0, 0.1) is 6.92 Å². The molecule has 1 heterocycles. The Kier molecular flexibility index (Phi) is 8.81. The lowest BCUT2D eigenvalue weighted by atomic mass is 10.6. The first kappa shape index (κ1) is 14.3. The molecular formula is C7H15Cl2N3. The van der Waals surface area contributed by atoms with E-state index in [0.29, 0.717) is 0 Å². The van der Waals surface area contributed by atoms with Gasteiger partial charge < -0.3 is 9.88 Å². The normalized spacial score (nSPS) is 8.50. The van der Waals surface area contributed by atoms with Gasteiger partial charge >= 0.3 is 0 Å². The number of aryl methyl sites for hydroxylation is 1. The van der Waals surface area contributed by atoms with E-state index < -0.39 is 0 Å². The molecule has 0 aliphatic rings. The van der Waals surface area contributed by atoms with E-state index in [1.54, 1.807) is 0 Å². The number of nitrogens with one attached hydrogen (secondary N) is 1. The Balaban J connectivity index is 0. The highest BCUT2D eigenvalue weighted by Gasteiger charge is 1.92. The van der Waals surface area contributed by atoms with E-state index in [0.717, 1.165) is 18.9 Å². The molecule has 12 heavy (non-hydrogen) atoms. The van der Waals surface area contributed by atoms with Gasteiger partial charge in [-0.2, -0.15) is 0 Å². The second-order valence-electron chi connectivity index (χ2n) is 2.27. The van der Waals surface area contributed by atoms with Crippen molar-refractivity contribution in [2.45, 2.75) is 13.5 Å². The first-order chi connectivity index (χ1) is 4.84. The van der Waals surface area contributed by atoms with Gasteiger partial charge in [0.2, 0.25) is 0 Å². The molecule has 0 aliphatic heterocycles. The summed E-state index contributed by atoms with van der Waals surface area (Å²) in [6, 6.07) is 0. The number of nitrogens with zero attached hydrogens (tertiary/aromatic N) is 2. The molecule has 0 radical (unpaired) electrons. The number of imidazole rings is 1. The molecule has 0 bridgehead atoms. The molecule has 0 aliphatic carbocycles. The number of hydrogen-bond donors (Lipinski definition) is 1. The maximum Gasteiger partial charge on any atom is 0.105 e. The van der Waals surface area contributed by atoms with Gasteiger partial charge in [-0.15, -0.1) is 24.8 Å². The van der Waals surface area contributed by atoms with Crippen molar-refractivity contribution in [3.63, 3.8) is 0 Å². The molecular weight excluding hydrogens is 197 g/mol. The molecule has 0 atom stereocenters. The van der Waals surface area contributed by atoms with E-state index in [2.05, 4.69) is 14.9 Å². The molecule has 0 saturated heterocycles. The van der Waals surface area contributed by atoms with E-state index >= 15 is 0 Å². The van der Waals surface area contributed by atoms with Crippen LogP contribution in [0.25, 0.3) is 0 Å². The zero-order valence-corrected chi connectivity index (χ0v) is 8.91. The van der Waals surface area contributed by atoms with Gasteiger partial charge in [0.25, 0.3) is 0 Å². The molecule has 0 spiro atoms. The van der Waals surface area contributed by atoms with Crippen molar-refractivity contribution >= 4 is 24.8 Å². The summed E-state index contributed by atoms with van der Waals surface area (Å²) in [6.07, 6.45) is 3.82. The van der Waals surface area contributed by atoms with Crippen LogP contribution in [0.15, 0.2) is 12.4 Å². The van der Waals surface area contributed by atoms with Crippen LogP contribution in [0.3, 0.4) is 0 Å². The van der Waals surface area contributed by atoms with E-state index in [4.69, 9.17) is 0 Å².